The fourth-order valence-electron chi connectivity index (χ4n) is 3.13. The fourth-order valence-corrected chi connectivity index (χ4v) is 3.18. The third kappa shape index (κ3) is 3.14. The molecule has 1 aromatic rings. The smallest absolute Gasteiger partial charge is 0.184 e. The molecule has 0 aromatic heterocycles. The number of hydrazone groups is 1. The minimum atomic E-state index is 0.0289. The highest BCUT2D eigenvalue weighted by Crippen LogP contribution is 2.39. The van der Waals surface area contributed by atoms with E-state index in [9.17, 15) is 0 Å². The summed E-state index contributed by atoms with van der Waals surface area (Å²) in [5.41, 5.74) is 14.1. The highest BCUT2D eigenvalue weighted by atomic mass is 32.1. The van der Waals surface area contributed by atoms with Crippen molar-refractivity contribution in [1.82, 2.24) is 5.43 Å². The number of likely N-dealkylation sites (N-methyl/N-ethyl adjacent to an activating group) is 1. The van der Waals surface area contributed by atoms with Crippen LogP contribution in [-0.2, 0) is 0 Å². The Morgan fingerprint density at radius 2 is 2.09 bits per heavy atom. The van der Waals surface area contributed by atoms with Crippen LogP contribution in [0, 0.1) is 6.92 Å². The zero-order chi connectivity index (χ0) is 16.5. The molecule has 118 valence electrons. The molecule has 0 saturated heterocycles. The summed E-state index contributed by atoms with van der Waals surface area (Å²) in [4.78, 5) is 2.43. The molecule has 0 aliphatic carbocycles. The summed E-state index contributed by atoms with van der Waals surface area (Å²) in [6.45, 7) is 11.9. The Morgan fingerprint density at radius 1 is 1.41 bits per heavy atom. The highest BCUT2D eigenvalue weighted by molar-refractivity contribution is 7.80. The molecule has 0 amide bonds. The third-order valence-electron chi connectivity index (χ3n) is 4.06. The van der Waals surface area contributed by atoms with E-state index in [0.717, 1.165) is 12.1 Å². The van der Waals surface area contributed by atoms with Crippen LogP contribution in [0.2, 0.25) is 0 Å². The monoisotopic (exact) mass is 316 g/mol. The van der Waals surface area contributed by atoms with Gasteiger partial charge in [0, 0.05) is 17.8 Å². The van der Waals surface area contributed by atoms with Gasteiger partial charge in [-0.1, -0.05) is 6.08 Å². The van der Waals surface area contributed by atoms with Gasteiger partial charge in [-0.05, 0) is 75.7 Å². The van der Waals surface area contributed by atoms with Crippen molar-refractivity contribution in [1.29, 1.82) is 0 Å². The summed E-state index contributed by atoms with van der Waals surface area (Å²) in [6.07, 6.45) is 4.08. The molecule has 3 N–H and O–H groups in total. The van der Waals surface area contributed by atoms with Crippen molar-refractivity contribution in [2.24, 2.45) is 10.8 Å². The summed E-state index contributed by atoms with van der Waals surface area (Å²) in [7, 11) is 0. The summed E-state index contributed by atoms with van der Waals surface area (Å²) in [6, 6.07) is 4.42. The normalized spacial score (nSPS) is 16.4. The molecule has 1 aromatic carbocycles. The van der Waals surface area contributed by atoms with Crippen molar-refractivity contribution in [3.05, 3.63) is 34.9 Å². The average molecular weight is 316 g/mol. The molecule has 0 radical (unpaired) electrons. The number of rotatable bonds is 3. The standard InChI is InChI=1S/C17H24N4S/c1-6-21-15-7-11(2)13(10-19-20-16(18)22)8-14(15)12(3)9-17(21,4)5/h7-10H,6H2,1-5H3,(H3,18,20,22)/b19-10-. The van der Waals surface area contributed by atoms with Crippen molar-refractivity contribution < 1.29 is 0 Å². The zero-order valence-electron chi connectivity index (χ0n) is 13.9. The largest absolute Gasteiger partial charge is 0.375 e. The first-order valence-electron chi connectivity index (χ1n) is 7.47. The van der Waals surface area contributed by atoms with E-state index in [1.807, 2.05) is 0 Å². The van der Waals surface area contributed by atoms with Gasteiger partial charge in [-0.2, -0.15) is 5.10 Å². The lowest BCUT2D eigenvalue weighted by molar-refractivity contribution is 0.566. The predicted octanol–water partition coefficient (Wildman–Crippen LogP) is 3.18. The van der Waals surface area contributed by atoms with Gasteiger partial charge in [0.25, 0.3) is 0 Å². The van der Waals surface area contributed by atoms with Gasteiger partial charge in [0.15, 0.2) is 5.11 Å². The minimum absolute atomic E-state index is 0.0289. The first-order valence-corrected chi connectivity index (χ1v) is 7.87. The Balaban J connectivity index is 2.49. The lowest BCUT2D eigenvalue weighted by atomic mass is 9.87. The van der Waals surface area contributed by atoms with Crippen LogP contribution in [0.3, 0.4) is 0 Å². The van der Waals surface area contributed by atoms with Crippen molar-refractivity contribution in [2.45, 2.75) is 40.2 Å². The van der Waals surface area contributed by atoms with Crippen LogP contribution in [0.1, 0.15) is 44.4 Å². The van der Waals surface area contributed by atoms with Crippen molar-refractivity contribution in [3.63, 3.8) is 0 Å². The number of nitrogens with two attached hydrogens (primary N) is 1. The summed E-state index contributed by atoms with van der Waals surface area (Å²) in [5, 5.41) is 4.24. The number of fused-ring (bicyclic) bond motifs is 1. The molecule has 0 unspecified atom stereocenters. The molecule has 5 heteroatoms. The average Bonchev–Trinajstić information content (AvgIpc) is 2.39. The van der Waals surface area contributed by atoms with E-state index in [1.165, 1.54) is 22.4 Å². The van der Waals surface area contributed by atoms with Crippen molar-refractivity contribution in [3.8, 4) is 0 Å². The molecule has 0 fully saturated rings. The Morgan fingerprint density at radius 3 is 2.68 bits per heavy atom. The van der Waals surface area contributed by atoms with E-state index in [-0.39, 0.29) is 10.7 Å². The number of nitrogens with one attached hydrogen (secondary N) is 1. The van der Waals surface area contributed by atoms with Gasteiger partial charge < -0.3 is 10.6 Å². The Hall–Kier alpha value is -1.88. The van der Waals surface area contributed by atoms with E-state index in [2.05, 4.69) is 68.3 Å². The van der Waals surface area contributed by atoms with Crippen LogP contribution in [0.25, 0.3) is 5.57 Å². The highest BCUT2D eigenvalue weighted by Gasteiger charge is 2.30. The number of hydrogen-bond donors (Lipinski definition) is 2. The molecule has 1 heterocycles. The molecule has 0 spiro atoms. The van der Waals surface area contributed by atoms with E-state index in [0.29, 0.717) is 0 Å². The second kappa shape index (κ2) is 6.08. The summed E-state index contributed by atoms with van der Waals surface area (Å²) < 4.78 is 0. The van der Waals surface area contributed by atoms with Crippen LogP contribution in [0.15, 0.2) is 23.3 Å². The van der Waals surface area contributed by atoms with Crippen molar-refractivity contribution >= 4 is 34.8 Å². The molecule has 0 atom stereocenters. The maximum Gasteiger partial charge on any atom is 0.184 e. The molecular weight excluding hydrogens is 292 g/mol. The maximum atomic E-state index is 5.38. The topological polar surface area (TPSA) is 53.6 Å². The third-order valence-corrected chi connectivity index (χ3v) is 4.15. The predicted molar refractivity (Wildman–Crippen MR) is 99.4 cm³/mol. The van der Waals surface area contributed by atoms with E-state index >= 15 is 0 Å². The van der Waals surface area contributed by atoms with E-state index in [4.69, 9.17) is 18.0 Å². The maximum absolute atomic E-state index is 5.38. The Labute approximate surface area is 138 Å². The fraction of sp³-hybridized carbons (Fsp3) is 0.412. The quantitative estimate of drug-likeness (QED) is 0.511. The first-order chi connectivity index (χ1) is 10.3. The van der Waals surface area contributed by atoms with E-state index < -0.39 is 0 Å². The minimum Gasteiger partial charge on any atom is -0.375 e. The molecule has 0 saturated carbocycles. The number of hydrogen-bond acceptors (Lipinski definition) is 3. The summed E-state index contributed by atoms with van der Waals surface area (Å²) in [5.74, 6) is 0. The second-order valence-corrected chi connectivity index (χ2v) is 6.63. The number of nitrogens with zero attached hydrogens (tertiary/aromatic N) is 2. The molecule has 22 heavy (non-hydrogen) atoms. The first kappa shape index (κ1) is 16.5. The number of aryl methyl sites for hydroxylation is 1. The van der Waals surface area contributed by atoms with Crippen LogP contribution >= 0.6 is 12.2 Å². The molecule has 4 nitrogen and oxygen atoms in total. The molecule has 1 aliphatic heterocycles. The molecule has 2 rings (SSSR count). The molecule has 1 aliphatic rings. The second-order valence-electron chi connectivity index (χ2n) is 6.19. The van der Waals surface area contributed by atoms with Crippen LogP contribution in [0.4, 0.5) is 5.69 Å². The van der Waals surface area contributed by atoms with Gasteiger partial charge in [-0.15, -0.1) is 0 Å². The Bertz CT molecular complexity index is 659. The van der Waals surface area contributed by atoms with Crippen molar-refractivity contribution in [2.75, 3.05) is 11.4 Å². The van der Waals surface area contributed by atoms with Gasteiger partial charge in [0.2, 0.25) is 0 Å². The number of anilines is 1. The van der Waals surface area contributed by atoms with Crippen LogP contribution < -0.4 is 16.1 Å². The van der Waals surface area contributed by atoms with Crippen LogP contribution in [0.5, 0.6) is 0 Å². The molecule has 0 bridgehead atoms. The van der Waals surface area contributed by atoms with Gasteiger partial charge >= 0.3 is 0 Å². The molecular formula is C17H24N4S. The van der Waals surface area contributed by atoms with Gasteiger partial charge in [0.05, 0.1) is 11.8 Å². The van der Waals surface area contributed by atoms with E-state index in [1.54, 1.807) is 6.21 Å². The van der Waals surface area contributed by atoms with Gasteiger partial charge in [0.1, 0.15) is 0 Å². The lowest BCUT2D eigenvalue weighted by Crippen LogP contribution is -2.45. The summed E-state index contributed by atoms with van der Waals surface area (Å²) >= 11 is 4.75. The number of benzene rings is 1. The van der Waals surface area contributed by atoms with Gasteiger partial charge in [-0.3, -0.25) is 5.43 Å². The van der Waals surface area contributed by atoms with Crippen LogP contribution in [-0.4, -0.2) is 23.4 Å². The zero-order valence-corrected chi connectivity index (χ0v) is 14.7. The lowest BCUT2D eigenvalue weighted by Gasteiger charge is -2.43. The SMILES string of the molecule is CCN1c2cc(C)c(/C=N\NC(N)=S)cc2C(C)=CC1(C)C. The number of allylic oxidation sites excluding steroid dienone is 1. The Kier molecular flexibility index (Phi) is 4.56. The number of thiocarbonyl (C=S) groups is 1. The van der Waals surface area contributed by atoms with Gasteiger partial charge in [-0.25, -0.2) is 0 Å².